The molecule has 0 saturated heterocycles. The summed E-state index contributed by atoms with van der Waals surface area (Å²) >= 11 is 0. The van der Waals surface area contributed by atoms with E-state index in [0.29, 0.717) is 0 Å². The van der Waals surface area contributed by atoms with Gasteiger partial charge in [0.2, 0.25) is 0 Å². The van der Waals surface area contributed by atoms with E-state index in [9.17, 15) is 0 Å². The topological polar surface area (TPSA) is 12.0 Å². The number of rotatable bonds is 4. The van der Waals surface area contributed by atoms with Gasteiger partial charge in [-0.2, -0.15) is 0 Å². The summed E-state index contributed by atoms with van der Waals surface area (Å²) in [4.78, 5) is 0. The molecule has 1 N–H and O–H groups in total. The van der Waals surface area contributed by atoms with E-state index >= 15 is 0 Å². The van der Waals surface area contributed by atoms with Crippen LogP contribution < -0.4 is 5.23 Å². The molecule has 0 aliphatic rings. The first-order valence-electron chi connectivity index (χ1n) is 3.06. The van der Waals surface area contributed by atoms with Gasteiger partial charge in [0.25, 0.3) is 0 Å². The molecule has 42 valence electrons. The fraction of sp³-hybridized carbons (Fsp3) is 1.00. The van der Waals surface area contributed by atoms with E-state index in [-0.39, 0.29) is 0 Å². The van der Waals surface area contributed by atoms with Gasteiger partial charge in [-0.1, -0.05) is 19.8 Å². The Hall–Kier alpha value is 0.0249. The Kier molecular flexibility index (Phi) is 6.05. The summed E-state index contributed by atoms with van der Waals surface area (Å²) in [6.07, 6.45) is 4.01. The standard InChI is InChI=1S/C5H14BN/c1-2-3-4-5-7-6/h7H,2-6H2,1H3. The third-order valence-electron chi connectivity index (χ3n) is 1.03. The first-order valence-corrected chi connectivity index (χ1v) is 3.06. The minimum atomic E-state index is 1.17. The van der Waals surface area contributed by atoms with Crippen LogP contribution in [0, 0.1) is 0 Å². The smallest absolute Gasteiger partial charge is 0.181 e. The Balaban J connectivity index is 2.45. The van der Waals surface area contributed by atoms with Crippen molar-refractivity contribution in [3.8, 4) is 0 Å². The zero-order valence-electron chi connectivity index (χ0n) is 5.33. The molecule has 0 aromatic rings. The van der Waals surface area contributed by atoms with Gasteiger partial charge in [0.1, 0.15) is 0 Å². The summed E-state index contributed by atoms with van der Waals surface area (Å²) in [5, 5.41) is 3.10. The van der Waals surface area contributed by atoms with Crippen LogP contribution in [-0.4, -0.2) is 14.5 Å². The lowest BCUT2D eigenvalue weighted by Crippen LogP contribution is -2.08. The molecular weight excluding hydrogens is 84.9 g/mol. The van der Waals surface area contributed by atoms with Crippen molar-refractivity contribution in [2.45, 2.75) is 26.2 Å². The summed E-state index contributed by atoms with van der Waals surface area (Å²) in [6.45, 7) is 3.39. The molecule has 0 fully saturated rings. The second-order valence-corrected chi connectivity index (χ2v) is 1.81. The van der Waals surface area contributed by atoms with Crippen molar-refractivity contribution in [1.82, 2.24) is 5.23 Å². The van der Waals surface area contributed by atoms with Gasteiger partial charge in [-0.15, -0.1) is 0 Å². The Morgan fingerprint density at radius 2 is 2.14 bits per heavy atom. The molecule has 0 rings (SSSR count). The minimum absolute atomic E-state index is 1.17. The van der Waals surface area contributed by atoms with Crippen LogP contribution in [0.15, 0.2) is 0 Å². The van der Waals surface area contributed by atoms with Crippen LogP contribution in [0.4, 0.5) is 0 Å². The lowest BCUT2D eigenvalue weighted by Gasteiger charge is -1.93. The summed E-state index contributed by atoms with van der Waals surface area (Å²) in [5.74, 6) is 0. The first kappa shape index (κ1) is 7.02. The van der Waals surface area contributed by atoms with Crippen molar-refractivity contribution in [2.75, 3.05) is 6.54 Å². The van der Waals surface area contributed by atoms with Gasteiger partial charge in [0.05, 0.1) is 0 Å². The maximum Gasteiger partial charge on any atom is 0.181 e. The number of nitrogens with one attached hydrogen (secondary N) is 1. The molecule has 7 heavy (non-hydrogen) atoms. The molecule has 0 atom stereocenters. The van der Waals surface area contributed by atoms with E-state index in [1.165, 1.54) is 25.8 Å². The normalized spacial score (nSPS) is 9.29. The quantitative estimate of drug-likeness (QED) is 0.395. The molecule has 0 spiro atoms. The summed E-state index contributed by atoms with van der Waals surface area (Å²) in [5.41, 5.74) is 0. The fourth-order valence-corrected chi connectivity index (χ4v) is 0.552. The monoisotopic (exact) mass is 99.1 g/mol. The zero-order chi connectivity index (χ0) is 5.54. The van der Waals surface area contributed by atoms with Crippen LogP contribution in [0.3, 0.4) is 0 Å². The predicted molar refractivity (Wildman–Crippen MR) is 36.1 cm³/mol. The minimum Gasteiger partial charge on any atom is -0.362 e. The van der Waals surface area contributed by atoms with Gasteiger partial charge in [-0.05, 0) is 13.0 Å². The molecule has 0 aliphatic carbocycles. The van der Waals surface area contributed by atoms with Crippen molar-refractivity contribution in [1.29, 1.82) is 0 Å². The lowest BCUT2D eigenvalue weighted by atomic mass is 10.2. The van der Waals surface area contributed by atoms with Gasteiger partial charge < -0.3 is 5.23 Å². The zero-order valence-corrected chi connectivity index (χ0v) is 5.33. The Labute approximate surface area is 46.9 Å². The molecule has 0 aromatic heterocycles. The van der Waals surface area contributed by atoms with E-state index in [0.717, 1.165) is 0 Å². The van der Waals surface area contributed by atoms with Crippen LogP contribution in [0.25, 0.3) is 0 Å². The molecule has 0 radical (unpaired) electrons. The molecule has 2 heteroatoms. The van der Waals surface area contributed by atoms with E-state index in [1.807, 2.05) is 7.98 Å². The molecule has 0 heterocycles. The van der Waals surface area contributed by atoms with Crippen molar-refractivity contribution in [3.05, 3.63) is 0 Å². The highest BCUT2D eigenvalue weighted by Crippen LogP contribution is 1.89. The maximum absolute atomic E-state index is 3.10. The van der Waals surface area contributed by atoms with Crippen molar-refractivity contribution in [2.24, 2.45) is 0 Å². The van der Waals surface area contributed by atoms with Crippen LogP contribution in [-0.2, 0) is 0 Å². The van der Waals surface area contributed by atoms with Crippen molar-refractivity contribution < 1.29 is 0 Å². The molecular formula is C5H14BN. The number of hydrogen-bond acceptors (Lipinski definition) is 1. The van der Waals surface area contributed by atoms with E-state index in [2.05, 4.69) is 12.2 Å². The molecule has 0 unspecified atom stereocenters. The van der Waals surface area contributed by atoms with Crippen LogP contribution >= 0.6 is 0 Å². The Morgan fingerprint density at radius 1 is 1.43 bits per heavy atom. The molecule has 0 amide bonds. The fourth-order valence-electron chi connectivity index (χ4n) is 0.552. The predicted octanol–water partition coefficient (Wildman–Crippen LogP) is 0.314. The van der Waals surface area contributed by atoms with Crippen molar-refractivity contribution >= 4 is 7.98 Å². The van der Waals surface area contributed by atoms with Gasteiger partial charge in [0.15, 0.2) is 7.98 Å². The summed E-state index contributed by atoms with van der Waals surface area (Å²) in [6, 6.07) is 0. The van der Waals surface area contributed by atoms with Gasteiger partial charge in [-0.25, -0.2) is 0 Å². The third kappa shape index (κ3) is 6.02. The van der Waals surface area contributed by atoms with Crippen LogP contribution in [0.2, 0.25) is 0 Å². The molecule has 0 aromatic carbocycles. The second kappa shape index (κ2) is 6.02. The van der Waals surface area contributed by atoms with Gasteiger partial charge in [-0.3, -0.25) is 0 Å². The SMILES string of the molecule is BNCCCCC. The Bertz CT molecular complexity index is 27.3. The van der Waals surface area contributed by atoms with Gasteiger partial charge in [0, 0.05) is 0 Å². The third-order valence-corrected chi connectivity index (χ3v) is 1.03. The first-order chi connectivity index (χ1) is 3.41. The highest BCUT2D eigenvalue weighted by atomic mass is 14.7. The highest BCUT2D eigenvalue weighted by Gasteiger charge is 1.78. The molecule has 0 saturated carbocycles. The largest absolute Gasteiger partial charge is 0.362 e. The van der Waals surface area contributed by atoms with Crippen LogP contribution in [0.1, 0.15) is 26.2 Å². The molecule has 0 aliphatic heterocycles. The number of hydrogen-bond donors (Lipinski definition) is 1. The second-order valence-electron chi connectivity index (χ2n) is 1.81. The van der Waals surface area contributed by atoms with Gasteiger partial charge >= 0.3 is 0 Å². The molecule has 1 nitrogen and oxygen atoms in total. The lowest BCUT2D eigenvalue weighted by molar-refractivity contribution is 0.705. The number of unbranched alkanes of at least 4 members (excludes halogenated alkanes) is 2. The maximum atomic E-state index is 3.10. The highest BCUT2D eigenvalue weighted by molar-refractivity contribution is 6.04. The average molecular weight is 99.0 g/mol. The Morgan fingerprint density at radius 3 is 2.57 bits per heavy atom. The summed E-state index contributed by atoms with van der Waals surface area (Å²) < 4.78 is 0. The van der Waals surface area contributed by atoms with E-state index < -0.39 is 0 Å². The van der Waals surface area contributed by atoms with Crippen LogP contribution in [0.5, 0.6) is 0 Å². The average Bonchev–Trinajstić information content (AvgIpc) is 1.69. The van der Waals surface area contributed by atoms with Crippen molar-refractivity contribution in [3.63, 3.8) is 0 Å². The summed E-state index contributed by atoms with van der Waals surface area (Å²) in [7, 11) is 2.00. The van der Waals surface area contributed by atoms with E-state index in [1.54, 1.807) is 0 Å². The molecule has 0 bridgehead atoms. The van der Waals surface area contributed by atoms with E-state index in [4.69, 9.17) is 0 Å².